The first-order valence-corrected chi connectivity index (χ1v) is 8.62. The summed E-state index contributed by atoms with van der Waals surface area (Å²) in [5.74, 6) is 0.960. The molecule has 2 heterocycles. The summed E-state index contributed by atoms with van der Waals surface area (Å²) in [5.41, 5.74) is 8.67. The van der Waals surface area contributed by atoms with Crippen molar-refractivity contribution in [3.05, 3.63) is 48.2 Å². The third-order valence-corrected chi connectivity index (χ3v) is 4.47. The van der Waals surface area contributed by atoms with Gasteiger partial charge >= 0.3 is 0 Å². The van der Waals surface area contributed by atoms with Gasteiger partial charge < -0.3 is 20.9 Å². The van der Waals surface area contributed by atoms with Crippen molar-refractivity contribution >= 4 is 11.7 Å². The SMILES string of the molecule is CN(Cc1cccc(-c2ccc(N3CCNCC3)nc2)c1)C(=O)CN. The van der Waals surface area contributed by atoms with Crippen LogP contribution in [-0.2, 0) is 11.3 Å². The van der Waals surface area contributed by atoms with Gasteiger partial charge in [0.15, 0.2) is 0 Å². The first-order chi connectivity index (χ1) is 12.2. The zero-order valence-electron chi connectivity index (χ0n) is 14.6. The summed E-state index contributed by atoms with van der Waals surface area (Å²) in [5, 5.41) is 3.35. The number of amides is 1. The van der Waals surface area contributed by atoms with E-state index in [0.29, 0.717) is 6.54 Å². The Bertz CT molecular complexity index is 710. The van der Waals surface area contributed by atoms with Gasteiger partial charge in [-0.15, -0.1) is 0 Å². The maximum absolute atomic E-state index is 11.6. The predicted octanol–water partition coefficient (Wildman–Crippen LogP) is 1.08. The van der Waals surface area contributed by atoms with Crippen molar-refractivity contribution in [2.75, 3.05) is 44.7 Å². The fourth-order valence-electron chi connectivity index (χ4n) is 3.00. The number of hydrogen-bond donors (Lipinski definition) is 2. The lowest BCUT2D eigenvalue weighted by atomic mass is 10.0. The number of nitrogens with two attached hydrogens (primary N) is 1. The number of carbonyl (C=O) groups excluding carboxylic acids is 1. The van der Waals surface area contributed by atoms with E-state index in [1.165, 1.54) is 0 Å². The summed E-state index contributed by atoms with van der Waals surface area (Å²) in [6.07, 6.45) is 1.92. The van der Waals surface area contributed by atoms with Gasteiger partial charge in [0.05, 0.1) is 6.54 Å². The molecule has 0 saturated carbocycles. The van der Waals surface area contributed by atoms with Crippen molar-refractivity contribution in [2.24, 2.45) is 5.73 Å². The molecule has 0 spiro atoms. The Balaban J connectivity index is 1.73. The molecule has 25 heavy (non-hydrogen) atoms. The van der Waals surface area contributed by atoms with Crippen LogP contribution in [0.3, 0.4) is 0 Å². The highest BCUT2D eigenvalue weighted by Gasteiger charge is 2.12. The third kappa shape index (κ3) is 4.35. The fraction of sp³-hybridized carbons (Fsp3) is 0.368. The van der Waals surface area contributed by atoms with Crippen molar-refractivity contribution in [2.45, 2.75) is 6.54 Å². The van der Waals surface area contributed by atoms with E-state index in [2.05, 4.69) is 39.5 Å². The van der Waals surface area contributed by atoms with Crippen molar-refractivity contribution in [3.8, 4) is 11.1 Å². The van der Waals surface area contributed by atoms with Crippen molar-refractivity contribution < 1.29 is 4.79 Å². The zero-order chi connectivity index (χ0) is 17.6. The molecular weight excluding hydrogens is 314 g/mol. The summed E-state index contributed by atoms with van der Waals surface area (Å²) >= 11 is 0. The first-order valence-electron chi connectivity index (χ1n) is 8.62. The molecule has 1 aliphatic heterocycles. The van der Waals surface area contributed by atoms with Gasteiger partial charge in [-0.1, -0.05) is 18.2 Å². The van der Waals surface area contributed by atoms with Crippen LogP contribution in [0, 0.1) is 0 Å². The molecule has 3 rings (SSSR count). The molecule has 1 amide bonds. The number of rotatable bonds is 5. The largest absolute Gasteiger partial charge is 0.354 e. The van der Waals surface area contributed by atoms with E-state index in [0.717, 1.165) is 48.7 Å². The molecule has 2 aromatic rings. The number of likely N-dealkylation sites (N-methyl/N-ethyl adjacent to an activating group) is 1. The molecule has 0 atom stereocenters. The molecular formula is C19H25N5O. The maximum Gasteiger partial charge on any atom is 0.236 e. The first kappa shape index (κ1) is 17.4. The standard InChI is InChI=1S/C19H25N5O/c1-23(19(25)12-20)14-15-3-2-4-16(11-15)17-5-6-18(22-13-17)24-9-7-21-8-10-24/h2-6,11,13,21H,7-10,12,14,20H2,1H3. The van der Waals surface area contributed by atoms with Gasteiger partial charge in [-0.25, -0.2) is 4.98 Å². The van der Waals surface area contributed by atoms with Crippen LogP contribution >= 0.6 is 0 Å². The predicted molar refractivity (Wildman–Crippen MR) is 100 cm³/mol. The van der Waals surface area contributed by atoms with E-state index >= 15 is 0 Å². The van der Waals surface area contributed by atoms with Gasteiger partial charge in [-0.2, -0.15) is 0 Å². The van der Waals surface area contributed by atoms with Gasteiger partial charge in [-0.3, -0.25) is 4.79 Å². The van der Waals surface area contributed by atoms with Crippen LogP contribution < -0.4 is 16.0 Å². The van der Waals surface area contributed by atoms with Gasteiger partial charge in [0.25, 0.3) is 0 Å². The van der Waals surface area contributed by atoms with Gasteiger partial charge in [-0.05, 0) is 29.3 Å². The zero-order valence-corrected chi connectivity index (χ0v) is 14.6. The van der Waals surface area contributed by atoms with E-state index in [1.807, 2.05) is 18.3 Å². The van der Waals surface area contributed by atoms with Crippen molar-refractivity contribution in [1.29, 1.82) is 0 Å². The number of piperazine rings is 1. The van der Waals surface area contributed by atoms with Gasteiger partial charge in [0.1, 0.15) is 5.82 Å². The molecule has 1 aromatic carbocycles. The van der Waals surface area contributed by atoms with Crippen LogP contribution in [0.5, 0.6) is 0 Å². The Hall–Kier alpha value is -2.44. The average Bonchev–Trinajstić information content (AvgIpc) is 2.68. The second-order valence-corrected chi connectivity index (χ2v) is 6.30. The molecule has 1 aliphatic rings. The number of pyridine rings is 1. The summed E-state index contributed by atoms with van der Waals surface area (Å²) < 4.78 is 0. The van der Waals surface area contributed by atoms with Crippen LogP contribution in [0.25, 0.3) is 11.1 Å². The van der Waals surface area contributed by atoms with Gasteiger partial charge in [0, 0.05) is 51.5 Å². The molecule has 1 aromatic heterocycles. The second kappa shape index (κ2) is 8.09. The quantitative estimate of drug-likeness (QED) is 0.852. The highest BCUT2D eigenvalue weighted by Crippen LogP contribution is 2.22. The number of hydrogen-bond acceptors (Lipinski definition) is 5. The molecule has 0 aliphatic carbocycles. The van der Waals surface area contributed by atoms with Crippen LogP contribution in [0.1, 0.15) is 5.56 Å². The molecule has 0 radical (unpaired) electrons. The molecule has 6 nitrogen and oxygen atoms in total. The van der Waals surface area contributed by atoms with E-state index in [1.54, 1.807) is 11.9 Å². The van der Waals surface area contributed by atoms with Crippen LogP contribution in [-0.4, -0.2) is 55.6 Å². The Morgan fingerprint density at radius 2 is 2.04 bits per heavy atom. The van der Waals surface area contributed by atoms with E-state index in [9.17, 15) is 4.79 Å². The number of anilines is 1. The number of benzene rings is 1. The number of aromatic nitrogens is 1. The van der Waals surface area contributed by atoms with Crippen LogP contribution in [0.4, 0.5) is 5.82 Å². The minimum absolute atomic E-state index is 0.0353. The summed E-state index contributed by atoms with van der Waals surface area (Å²) in [4.78, 5) is 20.2. The summed E-state index contributed by atoms with van der Waals surface area (Å²) in [6, 6.07) is 12.4. The smallest absolute Gasteiger partial charge is 0.236 e. The number of carbonyl (C=O) groups is 1. The maximum atomic E-state index is 11.6. The lowest BCUT2D eigenvalue weighted by Gasteiger charge is -2.28. The average molecular weight is 339 g/mol. The number of nitrogens with zero attached hydrogens (tertiary/aromatic N) is 3. The molecule has 1 fully saturated rings. The Labute approximate surface area is 148 Å². The van der Waals surface area contributed by atoms with Crippen LogP contribution in [0.2, 0.25) is 0 Å². The Kier molecular flexibility index (Phi) is 5.63. The molecule has 3 N–H and O–H groups in total. The second-order valence-electron chi connectivity index (χ2n) is 6.30. The van der Waals surface area contributed by atoms with Crippen molar-refractivity contribution in [1.82, 2.24) is 15.2 Å². The minimum Gasteiger partial charge on any atom is -0.354 e. The number of nitrogens with one attached hydrogen (secondary N) is 1. The Morgan fingerprint density at radius 3 is 2.72 bits per heavy atom. The van der Waals surface area contributed by atoms with E-state index < -0.39 is 0 Å². The van der Waals surface area contributed by atoms with E-state index in [-0.39, 0.29) is 12.5 Å². The third-order valence-electron chi connectivity index (χ3n) is 4.47. The highest BCUT2D eigenvalue weighted by molar-refractivity contribution is 5.77. The van der Waals surface area contributed by atoms with Crippen LogP contribution in [0.15, 0.2) is 42.6 Å². The van der Waals surface area contributed by atoms with E-state index in [4.69, 9.17) is 5.73 Å². The fourth-order valence-corrected chi connectivity index (χ4v) is 3.00. The molecule has 132 valence electrons. The molecule has 0 unspecified atom stereocenters. The molecule has 1 saturated heterocycles. The highest BCUT2D eigenvalue weighted by atomic mass is 16.2. The lowest BCUT2D eigenvalue weighted by molar-refractivity contribution is -0.128. The normalized spacial score (nSPS) is 14.4. The van der Waals surface area contributed by atoms with Crippen molar-refractivity contribution in [3.63, 3.8) is 0 Å². The molecule has 6 heteroatoms. The summed E-state index contributed by atoms with van der Waals surface area (Å²) in [7, 11) is 1.77. The minimum atomic E-state index is -0.0626. The molecule has 0 bridgehead atoms. The monoisotopic (exact) mass is 339 g/mol. The topological polar surface area (TPSA) is 74.5 Å². The summed E-state index contributed by atoms with van der Waals surface area (Å²) in [6.45, 7) is 4.57. The van der Waals surface area contributed by atoms with Gasteiger partial charge in [0.2, 0.25) is 5.91 Å². The Morgan fingerprint density at radius 1 is 1.24 bits per heavy atom. The lowest BCUT2D eigenvalue weighted by Crippen LogP contribution is -2.43.